The highest BCUT2D eigenvalue weighted by Gasteiger charge is 2.21. The summed E-state index contributed by atoms with van der Waals surface area (Å²) in [6, 6.07) is 16.4. The van der Waals surface area contributed by atoms with Crippen molar-refractivity contribution in [2.75, 3.05) is 44.8 Å². The number of aliphatic hydroxyl groups is 1. The van der Waals surface area contributed by atoms with Gasteiger partial charge in [-0.15, -0.1) is 0 Å². The summed E-state index contributed by atoms with van der Waals surface area (Å²) in [6.45, 7) is 5.21. The average molecular weight is 462 g/mol. The van der Waals surface area contributed by atoms with Gasteiger partial charge < -0.3 is 19.9 Å². The van der Waals surface area contributed by atoms with E-state index in [1.807, 2.05) is 24.3 Å². The summed E-state index contributed by atoms with van der Waals surface area (Å²) < 4.78 is 12.1. The van der Waals surface area contributed by atoms with Crippen LogP contribution in [0, 0.1) is 0 Å². The molecule has 2 aliphatic heterocycles. The van der Waals surface area contributed by atoms with Gasteiger partial charge in [0.25, 0.3) is 0 Å². The Kier molecular flexibility index (Phi) is 7.31. The van der Waals surface area contributed by atoms with Crippen molar-refractivity contribution in [3.05, 3.63) is 77.7 Å². The molecule has 5 rings (SSSR count). The number of anilines is 2. The molecule has 2 aliphatic rings. The van der Waals surface area contributed by atoms with Crippen LogP contribution < -0.4 is 10.1 Å². The number of nitrogens with zero attached hydrogens (tertiary/aromatic N) is 4. The number of nitrogens with one attached hydrogen (secondary N) is 1. The summed E-state index contributed by atoms with van der Waals surface area (Å²) >= 11 is 0. The summed E-state index contributed by atoms with van der Waals surface area (Å²) in [5.41, 5.74) is 4.69. The Morgan fingerprint density at radius 3 is 2.76 bits per heavy atom. The maximum atomic E-state index is 10.8. The van der Waals surface area contributed by atoms with Gasteiger partial charge in [-0.05, 0) is 41.8 Å². The standard InChI is InChI=1S/C26H31N5O3/c32-24(15-30-10-8-20-3-1-2-4-21(20)14-30)16-31-11-12-34-25-6-5-23(13-22(25)17-33-19-31)29-26-7-9-27-18-28-26/h1-7,9,13,18,24,32H,8,10-12,14-17,19H2,(H,27,28,29)/t24-/m1/s1. The minimum atomic E-state index is -0.444. The predicted octanol–water partition coefficient (Wildman–Crippen LogP) is 2.81. The minimum Gasteiger partial charge on any atom is -0.492 e. The smallest absolute Gasteiger partial charge is 0.133 e. The van der Waals surface area contributed by atoms with Gasteiger partial charge in [-0.1, -0.05) is 24.3 Å². The summed E-state index contributed by atoms with van der Waals surface area (Å²) in [6.07, 6.45) is 3.81. The van der Waals surface area contributed by atoms with Crippen molar-refractivity contribution < 1.29 is 14.6 Å². The lowest BCUT2D eigenvalue weighted by Crippen LogP contribution is -2.43. The van der Waals surface area contributed by atoms with Crippen LogP contribution in [0.15, 0.2) is 61.1 Å². The third-order valence-corrected chi connectivity index (χ3v) is 6.26. The Morgan fingerprint density at radius 1 is 1.00 bits per heavy atom. The lowest BCUT2D eigenvalue weighted by molar-refractivity contribution is -0.0118. The van der Waals surface area contributed by atoms with Gasteiger partial charge >= 0.3 is 0 Å². The van der Waals surface area contributed by atoms with E-state index in [0.29, 0.717) is 39.6 Å². The molecular formula is C26H31N5O3. The van der Waals surface area contributed by atoms with Crippen LogP contribution in [0.5, 0.6) is 5.75 Å². The fourth-order valence-corrected chi connectivity index (χ4v) is 4.57. The van der Waals surface area contributed by atoms with E-state index in [-0.39, 0.29) is 0 Å². The molecule has 0 fully saturated rings. The van der Waals surface area contributed by atoms with Crippen LogP contribution in [0.2, 0.25) is 0 Å². The molecule has 8 nitrogen and oxygen atoms in total. The Bertz CT molecular complexity index is 1080. The molecule has 2 N–H and O–H groups in total. The number of hydrogen-bond acceptors (Lipinski definition) is 8. The minimum absolute atomic E-state index is 0.435. The highest BCUT2D eigenvalue weighted by atomic mass is 16.5. The average Bonchev–Trinajstić information content (AvgIpc) is 2.94. The molecule has 8 heteroatoms. The number of hydrogen-bond donors (Lipinski definition) is 2. The van der Waals surface area contributed by atoms with Crippen LogP contribution in [0.4, 0.5) is 11.5 Å². The van der Waals surface area contributed by atoms with Crippen LogP contribution in [-0.4, -0.2) is 70.5 Å². The molecule has 0 unspecified atom stereocenters. The monoisotopic (exact) mass is 461 g/mol. The van der Waals surface area contributed by atoms with Gasteiger partial charge in [0.05, 0.1) is 19.4 Å². The van der Waals surface area contributed by atoms with E-state index in [1.54, 1.807) is 6.20 Å². The molecule has 0 saturated carbocycles. The van der Waals surface area contributed by atoms with Crippen molar-refractivity contribution in [3.8, 4) is 5.75 Å². The lowest BCUT2D eigenvalue weighted by atomic mass is 10.00. The topological polar surface area (TPSA) is 83.0 Å². The number of benzene rings is 2. The molecule has 178 valence electrons. The van der Waals surface area contributed by atoms with E-state index in [4.69, 9.17) is 9.47 Å². The van der Waals surface area contributed by atoms with Crippen LogP contribution in [0.1, 0.15) is 16.7 Å². The molecule has 3 aromatic rings. The first kappa shape index (κ1) is 22.7. The molecule has 34 heavy (non-hydrogen) atoms. The van der Waals surface area contributed by atoms with Crippen molar-refractivity contribution >= 4 is 11.5 Å². The Balaban J connectivity index is 1.13. The fraction of sp³-hybridized carbons (Fsp3) is 0.385. The molecule has 0 amide bonds. The van der Waals surface area contributed by atoms with Crippen LogP contribution in [-0.2, 0) is 24.3 Å². The highest BCUT2D eigenvalue weighted by Crippen LogP contribution is 2.26. The van der Waals surface area contributed by atoms with Gasteiger partial charge in [0.15, 0.2) is 0 Å². The largest absolute Gasteiger partial charge is 0.492 e. The van der Waals surface area contributed by atoms with E-state index in [0.717, 1.165) is 42.3 Å². The van der Waals surface area contributed by atoms with E-state index >= 15 is 0 Å². The van der Waals surface area contributed by atoms with Crippen molar-refractivity contribution in [3.63, 3.8) is 0 Å². The summed E-state index contributed by atoms with van der Waals surface area (Å²) in [7, 11) is 0. The van der Waals surface area contributed by atoms with Crippen LogP contribution in [0.3, 0.4) is 0 Å². The zero-order chi connectivity index (χ0) is 23.2. The Hall–Kier alpha value is -3.04. The van der Waals surface area contributed by atoms with Crippen molar-refractivity contribution in [1.82, 2.24) is 19.8 Å². The van der Waals surface area contributed by atoms with Gasteiger partial charge in [-0.25, -0.2) is 9.97 Å². The van der Waals surface area contributed by atoms with Crippen LogP contribution in [0.25, 0.3) is 0 Å². The first-order valence-electron chi connectivity index (χ1n) is 11.8. The second kappa shape index (κ2) is 10.9. The quantitative estimate of drug-likeness (QED) is 0.580. The molecule has 0 spiro atoms. The van der Waals surface area contributed by atoms with E-state index < -0.39 is 6.10 Å². The third kappa shape index (κ3) is 5.90. The van der Waals surface area contributed by atoms with Gasteiger partial charge in [-0.2, -0.15) is 0 Å². The summed E-state index contributed by atoms with van der Waals surface area (Å²) in [5.74, 6) is 1.56. The molecule has 1 atom stereocenters. The first-order chi connectivity index (χ1) is 16.7. The van der Waals surface area contributed by atoms with Crippen LogP contribution >= 0.6 is 0 Å². The molecule has 0 radical (unpaired) electrons. The zero-order valence-corrected chi connectivity index (χ0v) is 19.3. The molecule has 0 saturated heterocycles. The third-order valence-electron chi connectivity index (χ3n) is 6.26. The van der Waals surface area contributed by atoms with Crippen molar-refractivity contribution in [2.24, 2.45) is 0 Å². The molecule has 0 aliphatic carbocycles. The van der Waals surface area contributed by atoms with E-state index in [9.17, 15) is 5.11 Å². The second-order valence-corrected chi connectivity index (χ2v) is 8.85. The number of aliphatic hydroxyl groups excluding tert-OH is 1. The number of aromatic nitrogens is 2. The highest BCUT2D eigenvalue weighted by molar-refractivity contribution is 5.59. The van der Waals surface area contributed by atoms with Gasteiger partial charge in [0, 0.05) is 50.2 Å². The first-order valence-corrected chi connectivity index (χ1v) is 11.8. The van der Waals surface area contributed by atoms with E-state index in [1.165, 1.54) is 17.5 Å². The van der Waals surface area contributed by atoms with Crippen molar-refractivity contribution in [2.45, 2.75) is 25.7 Å². The SMILES string of the molecule is O[C@@H](CN1CCOc2ccc(Nc3ccncn3)cc2COC1)CN1CCc2ccccc2C1. The number of β-amino-alcohol motifs (C(OH)–C–C–N with tert-alkyl or cyclic N) is 1. The second-order valence-electron chi connectivity index (χ2n) is 8.85. The summed E-state index contributed by atoms with van der Waals surface area (Å²) in [4.78, 5) is 12.6. The molecule has 3 heterocycles. The molecular weight excluding hydrogens is 430 g/mol. The summed E-state index contributed by atoms with van der Waals surface area (Å²) in [5, 5.41) is 14.1. The maximum Gasteiger partial charge on any atom is 0.133 e. The number of ether oxygens (including phenoxy) is 2. The van der Waals surface area contributed by atoms with Gasteiger partial charge in [0.2, 0.25) is 0 Å². The van der Waals surface area contributed by atoms with Gasteiger partial charge in [-0.3, -0.25) is 9.80 Å². The normalized spacial score (nSPS) is 17.9. The fourth-order valence-electron chi connectivity index (χ4n) is 4.57. The predicted molar refractivity (Wildman–Crippen MR) is 130 cm³/mol. The molecule has 1 aromatic heterocycles. The number of fused-ring (bicyclic) bond motifs is 2. The van der Waals surface area contributed by atoms with Crippen molar-refractivity contribution in [1.29, 1.82) is 0 Å². The maximum absolute atomic E-state index is 10.8. The lowest BCUT2D eigenvalue weighted by Gasteiger charge is -2.32. The zero-order valence-electron chi connectivity index (χ0n) is 19.3. The number of rotatable bonds is 6. The molecule has 2 aromatic carbocycles. The molecule has 0 bridgehead atoms. The van der Waals surface area contributed by atoms with Gasteiger partial charge in [0.1, 0.15) is 24.5 Å². The Labute approximate surface area is 200 Å². The van der Waals surface area contributed by atoms with E-state index in [2.05, 4.69) is 49.4 Å². The Morgan fingerprint density at radius 2 is 1.88 bits per heavy atom.